The van der Waals surface area contributed by atoms with Gasteiger partial charge in [0.15, 0.2) is 5.75 Å². The fourth-order valence-corrected chi connectivity index (χ4v) is 1.13. The van der Waals surface area contributed by atoms with Gasteiger partial charge in [0.05, 0.1) is 21.3 Å². The normalized spacial score (nSPS) is 9.53. The highest BCUT2D eigenvalue weighted by Crippen LogP contribution is 2.32. The Bertz CT molecular complexity index is 379. The molecule has 6 heteroatoms. The van der Waals surface area contributed by atoms with Gasteiger partial charge in [0.1, 0.15) is 11.3 Å². The number of aromatic nitrogens is 1. The van der Waals surface area contributed by atoms with E-state index in [2.05, 4.69) is 9.72 Å². The number of methoxy groups -OCH3 is 3. The maximum absolute atomic E-state index is 11.3. The van der Waals surface area contributed by atoms with E-state index < -0.39 is 5.97 Å². The summed E-state index contributed by atoms with van der Waals surface area (Å²) in [4.78, 5) is 15.2. The summed E-state index contributed by atoms with van der Waals surface area (Å²) in [5, 5.41) is 0. The number of carbonyl (C=O) groups is 1. The van der Waals surface area contributed by atoms with Crippen molar-refractivity contribution in [1.82, 2.24) is 4.98 Å². The molecule has 0 spiro atoms. The lowest BCUT2D eigenvalue weighted by Gasteiger charge is -2.11. The molecule has 0 aromatic carbocycles. The highest BCUT2D eigenvalue weighted by molar-refractivity contribution is 5.94. The van der Waals surface area contributed by atoms with Crippen LogP contribution in [0.15, 0.2) is 6.20 Å². The number of hydrogen-bond acceptors (Lipinski definition) is 6. The van der Waals surface area contributed by atoms with Gasteiger partial charge >= 0.3 is 5.97 Å². The number of hydrogen-bond donors (Lipinski definition) is 1. The smallest absolute Gasteiger partial charge is 0.343 e. The van der Waals surface area contributed by atoms with Gasteiger partial charge in [-0.3, -0.25) is 0 Å². The molecule has 2 N–H and O–H groups in total. The second-order valence-electron chi connectivity index (χ2n) is 2.62. The number of anilines is 1. The Labute approximate surface area is 87.0 Å². The zero-order chi connectivity index (χ0) is 11.4. The first kappa shape index (κ1) is 11.1. The van der Waals surface area contributed by atoms with Crippen molar-refractivity contribution in [1.29, 1.82) is 0 Å². The molecule has 0 unspecified atom stereocenters. The Morgan fingerprint density at radius 3 is 2.47 bits per heavy atom. The molecule has 0 saturated carbocycles. The summed E-state index contributed by atoms with van der Waals surface area (Å²) < 4.78 is 14.4. The van der Waals surface area contributed by atoms with Crippen molar-refractivity contribution >= 4 is 11.7 Å². The van der Waals surface area contributed by atoms with Gasteiger partial charge in [0, 0.05) is 6.20 Å². The van der Waals surface area contributed by atoms with Crippen LogP contribution in [-0.2, 0) is 4.74 Å². The molecule has 0 aliphatic rings. The van der Waals surface area contributed by atoms with Crippen molar-refractivity contribution < 1.29 is 19.0 Å². The fraction of sp³-hybridized carbons (Fsp3) is 0.333. The Kier molecular flexibility index (Phi) is 3.33. The van der Waals surface area contributed by atoms with Crippen LogP contribution in [0, 0.1) is 0 Å². The Morgan fingerprint density at radius 1 is 1.33 bits per heavy atom. The van der Waals surface area contributed by atoms with E-state index in [0.29, 0.717) is 0 Å². The second-order valence-corrected chi connectivity index (χ2v) is 2.62. The topological polar surface area (TPSA) is 83.7 Å². The molecular formula is C9H12N2O4. The molecule has 0 fully saturated rings. The van der Waals surface area contributed by atoms with Crippen LogP contribution in [0.3, 0.4) is 0 Å². The number of rotatable bonds is 3. The van der Waals surface area contributed by atoms with Crippen LogP contribution < -0.4 is 15.2 Å². The molecule has 0 bridgehead atoms. The summed E-state index contributed by atoms with van der Waals surface area (Å²) in [6.07, 6.45) is 1.29. The first-order valence-corrected chi connectivity index (χ1v) is 4.10. The molecule has 0 aliphatic heterocycles. The lowest BCUT2D eigenvalue weighted by Crippen LogP contribution is -2.08. The number of ether oxygens (including phenoxy) is 3. The van der Waals surface area contributed by atoms with Crippen molar-refractivity contribution in [3.8, 4) is 11.6 Å². The molecule has 0 saturated heterocycles. The van der Waals surface area contributed by atoms with Crippen LogP contribution in [0.4, 0.5) is 5.69 Å². The molecule has 0 atom stereocenters. The quantitative estimate of drug-likeness (QED) is 0.733. The van der Waals surface area contributed by atoms with Crippen molar-refractivity contribution in [2.24, 2.45) is 0 Å². The number of carbonyl (C=O) groups excluding carboxylic acids is 1. The minimum atomic E-state index is -0.561. The van der Waals surface area contributed by atoms with E-state index in [1.54, 1.807) is 0 Å². The fourth-order valence-electron chi connectivity index (χ4n) is 1.13. The third kappa shape index (κ3) is 1.93. The summed E-state index contributed by atoms with van der Waals surface area (Å²) in [5.41, 5.74) is 6.01. The average Bonchev–Trinajstić information content (AvgIpc) is 2.27. The summed E-state index contributed by atoms with van der Waals surface area (Å²) in [5.74, 6) is -0.151. The summed E-state index contributed by atoms with van der Waals surface area (Å²) in [6.45, 7) is 0. The van der Waals surface area contributed by atoms with E-state index >= 15 is 0 Å². The van der Waals surface area contributed by atoms with Gasteiger partial charge in [-0.1, -0.05) is 0 Å². The van der Waals surface area contributed by atoms with Crippen molar-refractivity contribution in [2.75, 3.05) is 27.1 Å². The van der Waals surface area contributed by atoms with Crippen LogP contribution in [-0.4, -0.2) is 32.3 Å². The van der Waals surface area contributed by atoms with Gasteiger partial charge in [-0.05, 0) is 0 Å². The lowest BCUT2D eigenvalue weighted by molar-refractivity contribution is 0.0596. The number of nitrogen functional groups attached to an aromatic ring is 1. The van der Waals surface area contributed by atoms with E-state index in [-0.39, 0.29) is 22.9 Å². The highest BCUT2D eigenvalue weighted by Gasteiger charge is 2.19. The Hall–Kier alpha value is -1.98. The monoisotopic (exact) mass is 212 g/mol. The molecule has 0 aliphatic carbocycles. The van der Waals surface area contributed by atoms with Gasteiger partial charge in [-0.2, -0.15) is 0 Å². The van der Waals surface area contributed by atoms with Gasteiger partial charge < -0.3 is 19.9 Å². The van der Waals surface area contributed by atoms with Crippen LogP contribution in [0.25, 0.3) is 0 Å². The maximum Gasteiger partial charge on any atom is 0.343 e. The van der Waals surface area contributed by atoms with Crippen LogP contribution in [0.5, 0.6) is 11.6 Å². The molecule has 15 heavy (non-hydrogen) atoms. The second kappa shape index (κ2) is 4.50. The Balaban J connectivity index is 3.30. The maximum atomic E-state index is 11.3. The van der Waals surface area contributed by atoms with E-state index in [1.165, 1.54) is 27.5 Å². The predicted molar refractivity (Wildman–Crippen MR) is 53.1 cm³/mol. The molecule has 82 valence electrons. The number of pyridine rings is 1. The van der Waals surface area contributed by atoms with Gasteiger partial charge in [0.25, 0.3) is 0 Å². The lowest BCUT2D eigenvalue weighted by atomic mass is 10.2. The zero-order valence-electron chi connectivity index (χ0n) is 8.73. The first-order valence-electron chi connectivity index (χ1n) is 4.10. The summed E-state index contributed by atoms with van der Waals surface area (Å²) in [6, 6.07) is 0. The van der Waals surface area contributed by atoms with Gasteiger partial charge in [-0.15, -0.1) is 0 Å². The van der Waals surface area contributed by atoms with Crippen molar-refractivity contribution in [2.45, 2.75) is 0 Å². The molecule has 1 aromatic rings. The molecule has 1 heterocycles. The summed E-state index contributed by atoms with van der Waals surface area (Å²) >= 11 is 0. The van der Waals surface area contributed by atoms with E-state index in [4.69, 9.17) is 15.2 Å². The molecule has 1 rings (SSSR count). The van der Waals surface area contributed by atoms with E-state index in [1.807, 2.05) is 0 Å². The van der Waals surface area contributed by atoms with Crippen molar-refractivity contribution in [3.05, 3.63) is 11.8 Å². The zero-order valence-corrected chi connectivity index (χ0v) is 8.73. The predicted octanol–water partition coefficient (Wildman–Crippen LogP) is 0.468. The SMILES string of the molecule is COC(=O)c1cnc(OC)c(N)c1OC. The third-order valence-electron chi connectivity index (χ3n) is 1.83. The molecule has 0 amide bonds. The number of nitrogens with two attached hydrogens (primary N) is 1. The van der Waals surface area contributed by atoms with Crippen LogP contribution >= 0.6 is 0 Å². The van der Waals surface area contributed by atoms with Crippen molar-refractivity contribution in [3.63, 3.8) is 0 Å². The van der Waals surface area contributed by atoms with Gasteiger partial charge in [-0.25, -0.2) is 9.78 Å². The Morgan fingerprint density at radius 2 is 2.00 bits per heavy atom. The van der Waals surface area contributed by atoms with Gasteiger partial charge in [0.2, 0.25) is 5.88 Å². The minimum Gasteiger partial charge on any atom is -0.493 e. The van der Waals surface area contributed by atoms with E-state index in [9.17, 15) is 4.79 Å². The van der Waals surface area contributed by atoms with Crippen LogP contribution in [0.1, 0.15) is 10.4 Å². The van der Waals surface area contributed by atoms with E-state index in [0.717, 1.165) is 0 Å². The van der Waals surface area contributed by atoms with Crippen LogP contribution in [0.2, 0.25) is 0 Å². The standard InChI is InChI=1S/C9H12N2O4/c1-13-7-5(9(12)15-3)4-11-8(14-2)6(7)10/h4H,10H2,1-3H3. The average molecular weight is 212 g/mol. The number of nitrogens with zero attached hydrogens (tertiary/aromatic N) is 1. The molecule has 0 radical (unpaired) electrons. The molecule has 6 nitrogen and oxygen atoms in total. The first-order chi connectivity index (χ1) is 7.15. The largest absolute Gasteiger partial charge is 0.493 e. The molecular weight excluding hydrogens is 200 g/mol. The highest BCUT2D eigenvalue weighted by atomic mass is 16.5. The summed E-state index contributed by atoms with van der Waals surface area (Å²) in [7, 11) is 4.09. The number of esters is 1. The third-order valence-corrected chi connectivity index (χ3v) is 1.83. The molecule has 1 aromatic heterocycles. The minimum absolute atomic E-state index is 0.165.